The summed E-state index contributed by atoms with van der Waals surface area (Å²) in [5, 5.41) is 26.5. The van der Waals surface area contributed by atoms with Gasteiger partial charge in [-0.25, -0.2) is 13.2 Å². The van der Waals surface area contributed by atoms with E-state index in [1.165, 1.54) is 6.07 Å². The van der Waals surface area contributed by atoms with E-state index in [2.05, 4.69) is 14.9 Å². The van der Waals surface area contributed by atoms with E-state index in [-0.39, 0.29) is 17.1 Å². The molecule has 0 aliphatic heterocycles. The molecule has 0 radical (unpaired) electrons. The summed E-state index contributed by atoms with van der Waals surface area (Å²) in [6, 6.07) is 9.30. The van der Waals surface area contributed by atoms with Crippen molar-refractivity contribution >= 4 is 21.7 Å². The Bertz CT molecular complexity index is 1090. The van der Waals surface area contributed by atoms with Gasteiger partial charge < -0.3 is 14.6 Å². The van der Waals surface area contributed by atoms with E-state index < -0.39 is 26.6 Å². The van der Waals surface area contributed by atoms with Crippen LogP contribution in [0.4, 0.5) is 5.69 Å². The Balaban J connectivity index is 2.04. The van der Waals surface area contributed by atoms with Crippen LogP contribution in [0.2, 0.25) is 0 Å². The third-order valence-electron chi connectivity index (χ3n) is 3.42. The lowest BCUT2D eigenvalue weighted by Crippen LogP contribution is -2.14. The van der Waals surface area contributed by atoms with Gasteiger partial charge in [0.25, 0.3) is 10.0 Å². The first-order chi connectivity index (χ1) is 12.3. The average Bonchev–Trinajstić information content (AvgIpc) is 3.01. The highest BCUT2D eigenvalue weighted by atomic mass is 32.2. The highest BCUT2D eigenvalue weighted by molar-refractivity contribution is 7.92. The molecule has 10 heteroatoms. The van der Waals surface area contributed by atoms with Crippen LogP contribution < -0.4 is 4.72 Å². The number of carboxylic acid groups (broad SMARTS) is 1. The van der Waals surface area contributed by atoms with Crippen molar-refractivity contribution in [3.63, 3.8) is 0 Å². The third kappa shape index (κ3) is 3.35. The number of aromatic carboxylic acids is 1. The number of aromatic hydroxyl groups is 1. The fourth-order valence-electron chi connectivity index (χ4n) is 2.23. The summed E-state index contributed by atoms with van der Waals surface area (Å²) in [6.07, 6.45) is 0. The monoisotopic (exact) mass is 375 g/mol. The van der Waals surface area contributed by atoms with Crippen molar-refractivity contribution in [3.8, 4) is 17.2 Å². The number of carbonyl (C=O) groups is 1. The Hall–Kier alpha value is -3.40. The van der Waals surface area contributed by atoms with Crippen LogP contribution in [0.15, 0.2) is 51.8 Å². The van der Waals surface area contributed by atoms with E-state index >= 15 is 0 Å². The molecule has 0 unspecified atom stereocenters. The Morgan fingerprint density at radius 1 is 1.15 bits per heavy atom. The highest BCUT2D eigenvalue weighted by Gasteiger charge is 2.23. The number of phenolic OH excluding ortho intramolecular Hbond substituents is 1. The van der Waals surface area contributed by atoms with Gasteiger partial charge in [-0.2, -0.15) is 0 Å². The lowest BCUT2D eigenvalue weighted by molar-refractivity contribution is 0.0696. The van der Waals surface area contributed by atoms with Gasteiger partial charge in [0.1, 0.15) is 10.6 Å². The molecular formula is C16H13N3O6S. The fourth-order valence-corrected chi connectivity index (χ4v) is 3.43. The lowest BCUT2D eigenvalue weighted by Gasteiger charge is -2.12. The van der Waals surface area contributed by atoms with Gasteiger partial charge in [-0.15, -0.1) is 10.2 Å². The second kappa shape index (κ2) is 6.48. The number of carboxylic acids is 1. The van der Waals surface area contributed by atoms with E-state index in [0.29, 0.717) is 11.5 Å². The molecular weight excluding hydrogens is 362 g/mol. The molecule has 3 aromatic rings. The number of benzene rings is 2. The Morgan fingerprint density at radius 3 is 2.54 bits per heavy atom. The first kappa shape index (κ1) is 17.4. The van der Waals surface area contributed by atoms with Crippen molar-refractivity contribution in [3.05, 3.63) is 53.9 Å². The minimum absolute atomic E-state index is 0.115. The quantitative estimate of drug-likeness (QED) is 0.616. The van der Waals surface area contributed by atoms with Crippen molar-refractivity contribution < 1.29 is 27.8 Å². The Labute approximate surface area is 148 Å². The van der Waals surface area contributed by atoms with Crippen LogP contribution in [0.25, 0.3) is 11.5 Å². The van der Waals surface area contributed by atoms with Crippen LogP contribution >= 0.6 is 0 Å². The van der Waals surface area contributed by atoms with Crippen molar-refractivity contribution in [2.75, 3.05) is 4.72 Å². The minimum atomic E-state index is -4.28. The van der Waals surface area contributed by atoms with Crippen molar-refractivity contribution in [1.82, 2.24) is 10.2 Å². The maximum Gasteiger partial charge on any atom is 0.335 e. The van der Waals surface area contributed by atoms with Gasteiger partial charge in [0.2, 0.25) is 11.8 Å². The predicted molar refractivity (Wildman–Crippen MR) is 90.3 cm³/mol. The molecule has 3 rings (SSSR count). The van der Waals surface area contributed by atoms with Crippen molar-refractivity contribution in [1.29, 1.82) is 0 Å². The summed E-state index contributed by atoms with van der Waals surface area (Å²) < 4.78 is 32.9. The largest absolute Gasteiger partial charge is 0.507 e. The summed E-state index contributed by atoms with van der Waals surface area (Å²) in [5.74, 6) is -1.47. The van der Waals surface area contributed by atoms with Gasteiger partial charge in [0.15, 0.2) is 0 Å². The summed E-state index contributed by atoms with van der Waals surface area (Å²) in [5.41, 5.74) is 0.200. The Kier molecular flexibility index (Phi) is 4.34. The van der Waals surface area contributed by atoms with Gasteiger partial charge in [-0.1, -0.05) is 12.1 Å². The summed E-state index contributed by atoms with van der Waals surface area (Å²) in [4.78, 5) is 10.5. The van der Waals surface area contributed by atoms with Gasteiger partial charge in [0, 0.05) is 6.92 Å². The van der Waals surface area contributed by atoms with Crippen LogP contribution in [0.3, 0.4) is 0 Å². The first-order valence-electron chi connectivity index (χ1n) is 7.26. The molecule has 1 aromatic heterocycles. The molecule has 0 bridgehead atoms. The predicted octanol–water partition coefficient (Wildman–Crippen LogP) is 2.25. The third-order valence-corrected chi connectivity index (χ3v) is 4.82. The molecule has 0 fully saturated rings. The minimum Gasteiger partial charge on any atom is -0.507 e. The van der Waals surface area contributed by atoms with Gasteiger partial charge in [-0.05, 0) is 30.3 Å². The number of aryl methyl sites for hydroxylation is 1. The van der Waals surface area contributed by atoms with E-state index in [0.717, 1.165) is 18.2 Å². The SMILES string of the molecule is Cc1nnc(-c2ccccc2NS(=O)(=O)c2cc(C(=O)O)ccc2O)o1. The first-order valence-corrected chi connectivity index (χ1v) is 8.75. The van der Waals surface area contributed by atoms with E-state index in [1.807, 2.05) is 0 Å². The maximum absolute atomic E-state index is 12.7. The summed E-state index contributed by atoms with van der Waals surface area (Å²) in [6.45, 7) is 1.60. The molecule has 0 aliphatic carbocycles. The van der Waals surface area contributed by atoms with Gasteiger partial charge in [-0.3, -0.25) is 4.72 Å². The van der Waals surface area contributed by atoms with Crippen LogP contribution in [-0.4, -0.2) is 34.8 Å². The van der Waals surface area contributed by atoms with Crippen LogP contribution in [-0.2, 0) is 10.0 Å². The number of anilines is 1. The molecule has 0 aliphatic rings. The highest BCUT2D eigenvalue weighted by Crippen LogP contribution is 2.31. The average molecular weight is 375 g/mol. The van der Waals surface area contributed by atoms with Crippen molar-refractivity contribution in [2.45, 2.75) is 11.8 Å². The zero-order valence-electron chi connectivity index (χ0n) is 13.4. The zero-order valence-corrected chi connectivity index (χ0v) is 14.2. The molecule has 0 saturated carbocycles. The molecule has 0 amide bonds. The maximum atomic E-state index is 12.7. The standard InChI is InChI=1S/C16H13N3O6S/c1-9-17-18-15(25-9)11-4-2-3-5-12(11)19-26(23,24)14-8-10(16(21)22)6-7-13(14)20/h2-8,19-20H,1H3,(H,21,22). The van der Waals surface area contributed by atoms with Gasteiger partial charge >= 0.3 is 5.97 Å². The topological polar surface area (TPSA) is 143 Å². The Morgan fingerprint density at radius 2 is 1.88 bits per heavy atom. The molecule has 134 valence electrons. The number of hydrogen-bond acceptors (Lipinski definition) is 7. The molecule has 0 spiro atoms. The van der Waals surface area contributed by atoms with Crippen LogP contribution in [0.1, 0.15) is 16.2 Å². The second-order valence-corrected chi connectivity index (χ2v) is 6.92. The number of hydrogen-bond donors (Lipinski definition) is 3. The van der Waals surface area contributed by atoms with Crippen LogP contribution in [0.5, 0.6) is 5.75 Å². The summed E-state index contributed by atoms with van der Waals surface area (Å²) in [7, 11) is -4.28. The number of sulfonamides is 1. The zero-order chi connectivity index (χ0) is 18.9. The van der Waals surface area contributed by atoms with E-state index in [9.17, 15) is 18.3 Å². The normalized spacial score (nSPS) is 11.3. The number of rotatable bonds is 5. The number of para-hydroxylation sites is 1. The van der Waals surface area contributed by atoms with E-state index in [1.54, 1.807) is 25.1 Å². The molecule has 26 heavy (non-hydrogen) atoms. The molecule has 9 nitrogen and oxygen atoms in total. The molecule has 2 aromatic carbocycles. The fraction of sp³-hybridized carbons (Fsp3) is 0.0625. The van der Waals surface area contributed by atoms with E-state index in [4.69, 9.17) is 9.52 Å². The molecule has 0 atom stereocenters. The molecule has 1 heterocycles. The summed E-state index contributed by atoms with van der Waals surface area (Å²) >= 11 is 0. The number of nitrogens with one attached hydrogen (secondary N) is 1. The number of nitrogens with zero attached hydrogens (tertiary/aromatic N) is 2. The van der Waals surface area contributed by atoms with Crippen LogP contribution in [0, 0.1) is 6.92 Å². The van der Waals surface area contributed by atoms with Crippen molar-refractivity contribution in [2.24, 2.45) is 0 Å². The van der Waals surface area contributed by atoms with Gasteiger partial charge in [0.05, 0.1) is 16.8 Å². The molecule has 3 N–H and O–H groups in total. The smallest absolute Gasteiger partial charge is 0.335 e. The second-order valence-electron chi connectivity index (χ2n) is 5.26. The lowest BCUT2D eigenvalue weighted by atomic mass is 10.2. The number of phenols is 1. The molecule has 0 saturated heterocycles. The number of aromatic nitrogens is 2.